The van der Waals surface area contributed by atoms with Crippen LogP contribution in [0.15, 0.2) is 24.3 Å². The van der Waals surface area contributed by atoms with E-state index in [0.717, 1.165) is 65.4 Å². The normalized spacial score (nSPS) is 24.0. The molecule has 4 heterocycles. The number of hydrogen-bond acceptors (Lipinski definition) is 4. The van der Waals surface area contributed by atoms with Crippen LogP contribution in [-0.4, -0.2) is 84.6 Å². The summed E-state index contributed by atoms with van der Waals surface area (Å²) in [7, 11) is 0. The van der Waals surface area contributed by atoms with Crippen LogP contribution in [0.3, 0.4) is 0 Å². The van der Waals surface area contributed by atoms with Gasteiger partial charge in [-0.05, 0) is 18.4 Å². The number of carbonyl (C=O) groups is 1. The highest BCUT2D eigenvalue weighted by atomic mass is 16.5. The number of benzene rings is 1. The third-order valence-electron chi connectivity index (χ3n) is 6.60. The molecule has 1 unspecified atom stereocenters. The second-order valence-corrected chi connectivity index (χ2v) is 8.50. The third kappa shape index (κ3) is 3.69. The summed E-state index contributed by atoms with van der Waals surface area (Å²) in [6.07, 6.45) is 2.12. The second-order valence-electron chi connectivity index (χ2n) is 8.50. The first-order valence-electron chi connectivity index (χ1n) is 10.6. The molecular formula is C22H30N4O2. The van der Waals surface area contributed by atoms with E-state index >= 15 is 0 Å². The van der Waals surface area contributed by atoms with Gasteiger partial charge in [0.1, 0.15) is 0 Å². The molecule has 1 N–H and O–H groups in total. The van der Waals surface area contributed by atoms with E-state index in [1.54, 1.807) is 0 Å². The van der Waals surface area contributed by atoms with Gasteiger partial charge in [0.15, 0.2) is 0 Å². The van der Waals surface area contributed by atoms with Crippen molar-refractivity contribution in [1.82, 2.24) is 19.7 Å². The molecule has 0 radical (unpaired) electrons. The van der Waals surface area contributed by atoms with E-state index in [9.17, 15) is 4.79 Å². The maximum Gasteiger partial charge on any atom is 0.237 e. The van der Waals surface area contributed by atoms with Gasteiger partial charge in [-0.25, -0.2) is 0 Å². The minimum atomic E-state index is 0.272. The lowest BCUT2D eigenvalue weighted by molar-refractivity contribution is -0.133. The Morgan fingerprint density at radius 1 is 1.11 bits per heavy atom. The number of carbonyl (C=O) groups excluding carboxylic acids is 1. The van der Waals surface area contributed by atoms with Gasteiger partial charge in [0, 0.05) is 81.0 Å². The van der Waals surface area contributed by atoms with Gasteiger partial charge >= 0.3 is 0 Å². The van der Waals surface area contributed by atoms with Crippen LogP contribution in [0.25, 0.3) is 10.9 Å². The van der Waals surface area contributed by atoms with Gasteiger partial charge < -0.3 is 19.5 Å². The summed E-state index contributed by atoms with van der Waals surface area (Å²) in [5.41, 5.74) is 3.79. The van der Waals surface area contributed by atoms with Gasteiger partial charge in [-0.15, -0.1) is 0 Å². The molecule has 6 nitrogen and oxygen atoms in total. The van der Waals surface area contributed by atoms with Crippen molar-refractivity contribution >= 4 is 16.8 Å². The number of fused-ring (bicyclic) bond motifs is 3. The Kier molecular flexibility index (Phi) is 5.09. The van der Waals surface area contributed by atoms with E-state index in [2.05, 4.69) is 39.0 Å². The zero-order chi connectivity index (χ0) is 18.9. The van der Waals surface area contributed by atoms with E-state index in [4.69, 9.17) is 4.74 Å². The fourth-order valence-electron chi connectivity index (χ4n) is 4.89. The summed E-state index contributed by atoms with van der Waals surface area (Å²) in [4.78, 5) is 23.4. The molecule has 1 atom stereocenters. The first-order chi connectivity index (χ1) is 13.8. The quantitative estimate of drug-likeness (QED) is 0.875. The molecule has 150 valence electrons. The third-order valence-corrected chi connectivity index (χ3v) is 6.60. The zero-order valence-corrected chi connectivity index (χ0v) is 16.5. The van der Waals surface area contributed by atoms with Crippen LogP contribution >= 0.6 is 0 Å². The molecule has 2 saturated heterocycles. The fourth-order valence-corrected chi connectivity index (χ4v) is 4.89. The Morgan fingerprint density at radius 2 is 1.93 bits per heavy atom. The van der Waals surface area contributed by atoms with Crippen molar-refractivity contribution < 1.29 is 9.53 Å². The highest BCUT2D eigenvalue weighted by molar-refractivity contribution is 5.86. The molecule has 0 aliphatic carbocycles. The predicted octanol–water partition coefficient (Wildman–Crippen LogP) is 1.71. The van der Waals surface area contributed by atoms with Crippen LogP contribution in [0.1, 0.15) is 17.7 Å². The van der Waals surface area contributed by atoms with Crippen molar-refractivity contribution in [3.05, 3.63) is 35.5 Å². The lowest BCUT2D eigenvalue weighted by Crippen LogP contribution is -2.51. The molecule has 6 heteroatoms. The average Bonchev–Trinajstić information content (AvgIpc) is 3.36. The van der Waals surface area contributed by atoms with Crippen molar-refractivity contribution in [2.24, 2.45) is 5.92 Å². The van der Waals surface area contributed by atoms with Gasteiger partial charge in [-0.3, -0.25) is 9.69 Å². The number of aromatic amines is 1. The van der Waals surface area contributed by atoms with Gasteiger partial charge in [0.05, 0.1) is 13.2 Å². The Bertz CT molecular complexity index is 834. The summed E-state index contributed by atoms with van der Waals surface area (Å²) >= 11 is 0. The number of rotatable bonds is 4. The standard InChI is InChI=1S/C22H30N4O2/c27-22(15-25-10-8-24(9-11-25)13-17-6-12-28-16-17)26-7-5-21-19(14-26)18-3-1-2-4-20(18)23-21/h1-4,17,23H,5-16H2. The smallest absolute Gasteiger partial charge is 0.237 e. The minimum absolute atomic E-state index is 0.272. The van der Waals surface area contributed by atoms with Crippen molar-refractivity contribution in [1.29, 1.82) is 0 Å². The Balaban J connectivity index is 1.15. The molecule has 3 aliphatic heterocycles. The average molecular weight is 383 g/mol. The summed E-state index contributed by atoms with van der Waals surface area (Å²) < 4.78 is 5.50. The maximum atomic E-state index is 12.9. The number of aromatic nitrogens is 1. The number of hydrogen-bond donors (Lipinski definition) is 1. The number of ether oxygens (including phenoxy) is 1. The molecular weight excluding hydrogens is 352 g/mol. The van der Waals surface area contributed by atoms with E-state index in [1.807, 2.05) is 4.90 Å². The highest BCUT2D eigenvalue weighted by Crippen LogP contribution is 2.27. The van der Waals surface area contributed by atoms with Crippen molar-refractivity contribution in [2.75, 3.05) is 59.0 Å². The number of nitrogens with zero attached hydrogens (tertiary/aromatic N) is 3. The monoisotopic (exact) mass is 382 g/mol. The minimum Gasteiger partial charge on any atom is -0.381 e. The van der Waals surface area contributed by atoms with Crippen molar-refractivity contribution in [3.8, 4) is 0 Å². The van der Waals surface area contributed by atoms with Crippen LogP contribution in [0, 0.1) is 5.92 Å². The molecule has 5 rings (SSSR count). The fraction of sp³-hybridized carbons (Fsp3) is 0.591. The first kappa shape index (κ1) is 18.2. The van der Waals surface area contributed by atoms with Crippen LogP contribution in [0.2, 0.25) is 0 Å². The van der Waals surface area contributed by atoms with E-state index in [1.165, 1.54) is 28.6 Å². The molecule has 0 saturated carbocycles. The van der Waals surface area contributed by atoms with E-state index < -0.39 is 0 Å². The molecule has 28 heavy (non-hydrogen) atoms. The second kappa shape index (κ2) is 7.85. The summed E-state index contributed by atoms with van der Waals surface area (Å²) in [6.45, 7) is 9.22. The lowest BCUT2D eigenvalue weighted by atomic mass is 10.0. The molecule has 1 aromatic carbocycles. The van der Waals surface area contributed by atoms with Gasteiger partial charge in [0.25, 0.3) is 0 Å². The van der Waals surface area contributed by atoms with Crippen LogP contribution < -0.4 is 0 Å². The lowest BCUT2D eigenvalue weighted by Gasteiger charge is -2.36. The SMILES string of the molecule is O=C(CN1CCN(CC2CCOC2)CC1)N1CCc2[nH]c3ccccc3c2C1. The topological polar surface area (TPSA) is 51.8 Å². The molecule has 0 spiro atoms. The molecule has 0 bridgehead atoms. The summed E-state index contributed by atoms with van der Waals surface area (Å²) in [6, 6.07) is 8.42. The number of H-pyrrole nitrogens is 1. The Labute approximate surface area is 166 Å². The molecule has 1 aromatic heterocycles. The number of nitrogens with one attached hydrogen (secondary N) is 1. The Morgan fingerprint density at radius 3 is 2.75 bits per heavy atom. The van der Waals surface area contributed by atoms with Crippen LogP contribution in [-0.2, 0) is 22.5 Å². The predicted molar refractivity (Wildman–Crippen MR) is 109 cm³/mol. The number of piperazine rings is 1. The summed E-state index contributed by atoms with van der Waals surface area (Å²) in [5.74, 6) is 0.973. The van der Waals surface area contributed by atoms with E-state index in [0.29, 0.717) is 12.5 Å². The van der Waals surface area contributed by atoms with Gasteiger partial charge in [0.2, 0.25) is 5.91 Å². The van der Waals surface area contributed by atoms with Crippen molar-refractivity contribution in [3.63, 3.8) is 0 Å². The van der Waals surface area contributed by atoms with Gasteiger partial charge in [-0.1, -0.05) is 18.2 Å². The van der Waals surface area contributed by atoms with E-state index in [-0.39, 0.29) is 5.91 Å². The molecule has 2 fully saturated rings. The highest BCUT2D eigenvalue weighted by Gasteiger charge is 2.27. The number of para-hydroxylation sites is 1. The molecule has 1 amide bonds. The molecule has 3 aliphatic rings. The summed E-state index contributed by atoms with van der Waals surface area (Å²) in [5, 5.41) is 1.26. The van der Waals surface area contributed by atoms with Crippen LogP contribution in [0.5, 0.6) is 0 Å². The largest absolute Gasteiger partial charge is 0.381 e. The maximum absolute atomic E-state index is 12.9. The van der Waals surface area contributed by atoms with Gasteiger partial charge in [-0.2, -0.15) is 0 Å². The van der Waals surface area contributed by atoms with Crippen LogP contribution in [0.4, 0.5) is 0 Å². The zero-order valence-electron chi connectivity index (χ0n) is 16.5. The van der Waals surface area contributed by atoms with Crippen molar-refractivity contribution in [2.45, 2.75) is 19.4 Å². The number of amides is 1. The Hall–Kier alpha value is -1.89. The molecule has 2 aromatic rings. The first-order valence-corrected chi connectivity index (χ1v) is 10.6.